The van der Waals surface area contributed by atoms with E-state index in [-0.39, 0.29) is 22.6 Å². The van der Waals surface area contributed by atoms with Gasteiger partial charge in [0, 0.05) is 12.3 Å². The van der Waals surface area contributed by atoms with Gasteiger partial charge in [0.2, 0.25) is 16.9 Å². The van der Waals surface area contributed by atoms with Crippen molar-refractivity contribution in [2.24, 2.45) is 0 Å². The van der Waals surface area contributed by atoms with Crippen molar-refractivity contribution >= 4 is 10.0 Å². The van der Waals surface area contributed by atoms with E-state index in [1.54, 1.807) is 6.92 Å². The van der Waals surface area contributed by atoms with Crippen LogP contribution in [-0.2, 0) is 16.4 Å². The summed E-state index contributed by atoms with van der Waals surface area (Å²) < 4.78 is 43.4. The van der Waals surface area contributed by atoms with Crippen molar-refractivity contribution in [1.29, 1.82) is 0 Å². The van der Waals surface area contributed by atoms with Gasteiger partial charge in [0.1, 0.15) is 0 Å². The summed E-state index contributed by atoms with van der Waals surface area (Å²) in [6.45, 7) is 3.48. The minimum absolute atomic E-state index is 0.158. The fourth-order valence-corrected chi connectivity index (χ4v) is 3.47. The Morgan fingerprint density at radius 2 is 2.08 bits per heavy atom. The molecule has 26 heavy (non-hydrogen) atoms. The number of sulfonamides is 1. The second-order valence-electron chi connectivity index (χ2n) is 6.08. The zero-order valence-corrected chi connectivity index (χ0v) is 15.0. The number of furan rings is 1. The summed E-state index contributed by atoms with van der Waals surface area (Å²) in [5.74, 6) is 1.90. The van der Waals surface area contributed by atoms with E-state index < -0.39 is 16.1 Å². The van der Waals surface area contributed by atoms with E-state index in [0.29, 0.717) is 24.1 Å². The first-order valence-electron chi connectivity index (χ1n) is 8.24. The van der Waals surface area contributed by atoms with Gasteiger partial charge in [-0.2, -0.15) is 9.71 Å². The Bertz CT molecular complexity index is 1020. The number of nitrogens with one attached hydrogen (secondary N) is 1. The van der Waals surface area contributed by atoms with Gasteiger partial charge >= 0.3 is 0 Å². The van der Waals surface area contributed by atoms with Gasteiger partial charge in [0.15, 0.2) is 11.6 Å². The maximum Gasteiger partial charge on any atom is 0.283 e. The largest absolute Gasteiger partial charge is 0.438 e. The third kappa shape index (κ3) is 3.27. The molecule has 0 spiro atoms. The Labute approximate surface area is 149 Å². The summed E-state index contributed by atoms with van der Waals surface area (Å²) >= 11 is 0. The van der Waals surface area contributed by atoms with Crippen molar-refractivity contribution in [3.05, 3.63) is 29.7 Å². The lowest BCUT2D eigenvalue weighted by molar-refractivity contribution is 0.348. The molecule has 0 saturated heterocycles. The lowest BCUT2D eigenvalue weighted by Gasteiger charge is -2.08. The monoisotopic (exact) mass is 379 g/mol. The fourth-order valence-electron chi connectivity index (χ4n) is 2.34. The van der Waals surface area contributed by atoms with E-state index in [2.05, 4.69) is 25.1 Å². The van der Waals surface area contributed by atoms with Crippen LogP contribution in [0.2, 0.25) is 0 Å². The first kappa shape index (κ1) is 16.9. The molecule has 3 aromatic heterocycles. The Kier molecular flexibility index (Phi) is 4.11. The van der Waals surface area contributed by atoms with Crippen molar-refractivity contribution in [1.82, 2.24) is 25.1 Å². The van der Waals surface area contributed by atoms with Gasteiger partial charge in [0.25, 0.3) is 15.9 Å². The number of rotatable bonds is 7. The molecule has 4 rings (SSSR count). The smallest absolute Gasteiger partial charge is 0.283 e. The summed E-state index contributed by atoms with van der Waals surface area (Å²) in [5.41, 5.74) is 0. The third-order valence-electron chi connectivity index (χ3n) is 3.93. The summed E-state index contributed by atoms with van der Waals surface area (Å²) in [4.78, 5) is 4.12. The molecule has 1 N–H and O–H groups in total. The molecule has 0 bridgehead atoms. The van der Waals surface area contributed by atoms with E-state index in [4.69, 9.17) is 13.4 Å². The Hall–Kier alpha value is -2.53. The zero-order chi connectivity index (χ0) is 18.3. The lowest BCUT2D eigenvalue weighted by Crippen LogP contribution is -2.26. The standard InChI is InChI=1S/C15H17N5O5S/c1-3-11-16-13(25-19-11)8(2)20-26(21,22)12-7-6-10(23-12)15-18-17-14(24-15)9-4-5-9/h6-9,20H,3-5H2,1-2H3. The normalized spacial score (nSPS) is 16.1. The number of hydrogen-bond acceptors (Lipinski definition) is 9. The van der Waals surface area contributed by atoms with E-state index in [0.717, 1.165) is 12.8 Å². The molecule has 10 nitrogen and oxygen atoms in total. The van der Waals surface area contributed by atoms with Crippen LogP contribution in [0.5, 0.6) is 0 Å². The maximum absolute atomic E-state index is 12.5. The minimum Gasteiger partial charge on any atom is -0.438 e. The Morgan fingerprint density at radius 3 is 2.77 bits per heavy atom. The molecule has 3 heterocycles. The predicted molar refractivity (Wildman–Crippen MR) is 86.4 cm³/mol. The fraction of sp³-hybridized carbons (Fsp3) is 0.467. The SMILES string of the molecule is CCc1noc(C(C)NS(=O)(=O)c2ccc(-c3nnc(C4CC4)o3)o2)n1. The Balaban J connectivity index is 1.51. The summed E-state index contributed by atoms with van der Waals surface area (Å²) in [5, 5.41) is 11.3. The van der Waals surface area contributed by atoms with Crippen molar-refractivity contribution in [3.63, 3.8) is 0 Å². The van der Waals surface area contributed by atoms with E-state index >= 15 is 0 Å². The Morgan fingerprint density at radius 1 is 1.27 bits per heavy atom. The number of aryl methyl sites for hydroxylation is 1. The molecule has 3 aromatic rings. The summed E-state index contributed by atoms with van der Waals surface area (Å²) in [6.07, 6.45) is 2.64. The molecule has 1 aliphatic rings. The van der Waals surface area contributed by atoms with Crippen LogP contribution in [0.4, 0.5) is 0 Å². The quantitative estimate of drug-likeness (QED) is 0.654. The predicted octanol–water partition coefficient (Wildman–Crippen LogP) is 2.19. The molecule has 11 heteroatoms. The number of hydrogen-bond donors (Lipinski definition) is 1. The second-order valence-corrected chi connectivity index (χ2v) is 7.73. The average Bonchev–Trinajstić information content (AvgIpc) is 3.08. The van der Waals surface area contributed by atoms with Gasteiger partial charge < -0.3 is 13.4 Å². The van der Waals surface area contributed by atoms with Crippen LogP contribution < -0.4 is 4.72 Å². The van der Waals surface area contributed by atoms with Gasteiger partial charge in [-0.25, -0.2) is 8.42 Å². The van der Waals surface area contributed by atoms with Crippen LogP contribution in [0.25, 0.3) is 11.7 Å². The highest BCUT2D eigenvalue weighted by atomic mass is 32.2. The summed E-state index contributed by atoms with van der Waals surface area (Å²) in [7, 11) is -3.92. The van der Waals surface area contributed by atoms with Crippen molar-refractivity contribution < 1.29 is 21.8 Å². The van der Waals surface area contributed by atoms with Crippen LogP contribution >= 0.6 is 0 Å². The first-order valence-corrected chi connectivity index (χ1v) is 9.73. The molecule has 1 fully saturated rings. The molecule has 0 aliphatic heterocycles. The molecule has 1 unspecified atom stereocenters. The van der Waals surface area contributed by atoms with Gasteiger partial charge in [-0.05, 0) is 31.9 Å². The van der Waals surface area contributed by atoms with Crippen molar-refractivity contribution in [3.8, 4) is 11.7 Å². The molecule has 138 valence electrons. The third-order valence-corrected chi connectivity index (χ3v) is 5.34. The minimum atomic E-state index is -3.92. The van der Waals surface area contributed by atoms with Gasteiger partial charge in [-0.3, -0.25) is 0 Å². The molecular formula is C15H17N5O5S. The molecular weight excluding hydrogens is 362 g/mol. The van der Waals surface area contributed by atoms with Crippen molar-refractivity contribution in [2.75, 3.05) is 0 Å². The first-order chi connectivity index (χ1) is 12.5. The van der Waals surface area contributed by atoms with Gasteiger partial charge in [-0.15, -0.1) is 10.2 Å². The van der Waals surface area contributed by atoms with Crippen molar-refractivity contribution in [2.45, 2.75) is 50.2 Å². The van der Waals surface area contributed by atoms with Crippen LogP contribution in [0, 0.1) is 0 Å². The zero-order valence-electron chi connectivity index (χ0n) is 14.2. The van der Waals surface area contributed by atoms with E-state index in [1.807, 2.05) is 6.92 Å². The van der Waals surface area contributed by atoms with Crippen LogP contribution in [0.15, 0.2) is 30.6 Å². The van der Waals surface area contributed by atoms with Crippen LogP contribution in [0.1, 0.15) is 56.3 Å². The highest BCUT2D eigenvalue weighted by molar-refractivity contribution is 7.89. The summed E-state index contributed by atoms with van der Waals surface area (Å²) in [6, 6.07) is 2.10. The average molecular weight is 379 g/mol. The molecule has 0 amide bonds. The molecule has 1 atom stereocenters. The second kappa shape index (κ2) is 6.32. The topological polar surface area (TPSA) is 137 Å². The highest BCUT2D eigenvalue weighted by Gasteiger charge is 2.31. The molecule has 1 saturated carbocycles. The van der Waals surface area contributed by atoms with E-state index in [9.17, 15) is 8.42 Å². The molecule has 1 aliphatic carbocycles. The maximum atomic E-state index is 12.5. The molecule has 0 aromatic carbocycles. The number of aromatic nitrogens is 4. The van der Waals surface area contributed by atoms with E-state index in [1.165, 1.54) is 12.1 Å². The van der Waals surface area contributed by atoms with Gasteiger partial charge in [0.05, 0.1) is 6.04 Å². The van der Waals surface area contributed by atoms with Gasteiger partial charge in [-0.1, -0.05) is 12.1 Å². The van der Waals surface area contributed by atoms with Crippen LogP contribution in [0.3, 0.4) is 0 Å². The number of nitrogens with zero attached hydrogens (tertiary/aromatic N) is 4. The van der Waals surface area contributed by atoms with Crippen LogP contribution in [-0.4, -0.2) is 28.8 Å². The lowest BCUT2D eigenvalue weighted by atomic mass is 10.4. The molecule has 0 radical (unpaired) electrons. The highest BCUT2D eigenvalue weighted by Crippen LogP contribution is 2.40.